The van der Waals surface area contributed by atoms with Crippen molar-refractivity contribution in [3.8, 4) is 16.9 Å². The number of piperazine rings is 1. The molecule has 5 heteroatoms. The summed E-state index contributed by atoms with van der Waals surface area (Å²) in [6.45, 7) is 5.45. The molecular formula is C24H27N3O2. The average Bonchev–Trinajstić information content (AvgIpc) is 2.79. The van der Waals surface area contributed by atoms with E-state index >= 15 is 0 Å². The molecule has 1 aliphatic rings. The smallest absolute Gasteiger partial charge is 0.250 e. The third-order valence-electron chi connectivity index (χ3n) is 5.55. The van der Waals surface area contributed by atoms with Gasteiger partial charge in [-0.05, 0) is 29.3 Å². The summed E-state index contributed by atoms with van der Waals surface area (Å²) in [7, 11) is 1.72. The third-order valence-corrected chi connectivity index (χ3v) is 5.55. The number of hydrogen-bond acceptors (Lipinski definition) is 4. The van der Waals surface area contributed by atoms with E-state index in [0.29, 0.717) is 6.54 Å². The molecule has 29 heavy (non-hydrogen) atoms. The zero-order valence-corrected chi connectivity index (χ0v) is 16.8. The molecule has 0 atom stereocenters. The summed E-state index contributed by atoms with van der Waals surface area (Å²) in [5.41, 5.74) is 3.41. The molecule has 5 nitrogen and oxygen atoms in total. The van der Waals surface area contributed by atoms with Crippen molar-refractivity contribution >= 4 is 5.69 Å². The maximum absolute atomic E-state index is 12.3. The highest BCUT2D eigenvalue weighted by Gasteiger charge is 2.19. The molecule has 0 aliphatic carbocycles. The van der Waals surface area contributed by atoms with Gasteiger partial charge in [-0.3, -0.25) is 9.69 Å². The van der Waals surface area contributed by atoms with Gasteiger partial charge in [-0.25, -0.2) is 0 Å². The molecule has 1 aromatic heterocycles. The Morgan fingerprint density at radius 2 is 1.52 bits per heavy atom. The summed E-state index contributed by atoms with van der Waals surface area (Å²) < 4.78 is 7.33. The molecule has 0 amide bonds. The lowest BCUT2D eigenvalue weighted by atomic mass is 10.1. The van der Waals surface area contributed by atoms with Crippen LogP contribution in [0.2, 0.25) is 0 Å². The Bertz CT molecular complexity index is 992. The Balaban J connectivity index is 1.37. The fourth-order valence-corrected chi connectivity index (χ4v) is 3.86. The van der Waals surface area contributed by atoms with Crippen LogP contribution in [0.3, 0.4) is 0 Å². The molecule has 150 valence electrons. The average molecular weight is 389 g/mol. The second-order valence-electron chi connectivity index (χ2n) is 7.32. The van der Waals surface area contributed by atoms with Gasteiger partial charge in [-0.15, -0.1) is 0 Å². The van der Waals surface area contributed by atoms with Gasteiger partial charge in [0.1, 0.15) is 5.75 Å². The molecule has 0 bridgehead atoms. The molecule has 2 aromatic carbocycles. The minimum Gasteiger partial charge on any atom is -0.495 e. The van der Waals surface area contributed by atoms with Gasteiger partial charge >= 0.3 is 0 Å². The molecule has 0 radical (unpaired) electrons. The predicted molar refractivity (Wildman–Crippen MR) is 118 cm³/mol. The van der Waals surface area contributed by atoms with Crippen LogP contribution in [0.25, 0.3) is 11.1 Å². The number of methoxy groups -OCH3 is 1. The van der Waals surface area contributed by atoms with Gasteiger partial charge in [0.25, 0.3) is 5.56 Å². The van der Waals surface area contributed by atoms with E-state index in [4.69, 9.17) is 4.74 Å². The van der Waals surface area contributed by atoms with Gasteiger partial charge in [-0.2, -0.15) is 0 Å². The zero-order valence-electron chi connectivity index (χ0n) is 16.8. The van der Waals surface area contributed by atoms with Crippen molar-refractivity contribution in [1.82, 2.24) is 9.47 Å². The van der Waals surface area contributed by atoms with E-state index in [9.17, 15) is 4.79 Å². The fourth-order valence-electron chi connectivity index (χ4n) is 3.86. The van der Waals surface area contributed by atoms with Crippen molar-refractivity contribution in [3.05, 3.63) is 83.3 Å². The minimum atomic E-state index is 0.0531. The summed E-state index contributed by atoms with van der Waals surface area (Å²) >= 11 is 0. The molecule has 0 N–H and O–H groups in total. The first-order chi connectivity index (χ1) is 14.2. The van der Waals surface area contributed by atoms with E-state index in [1.54, 1.807) is 13.2 Å². The Kier molecular flexibility index (Phi) is 5.96. The van der Waals surface area contributed by atoms with E-state index in [1.807, 2.05) is 47.2 Å². The standard InChI is InChI=1S/C24H27N3O2/c1-29-23-10-6-5-9-22(23)26-16-13-25(14-17-26)15-18-27-19-21(11-12-24(27)28)20-7-3-2-4-8-20/h2-12,19H,13-18H2,1H3. The predicted octanol–water partition coefficient (Wildman–Crippen LogP) is 3.35. The summed E-state index contributed by atoms with van der Waals surface area (Å²) in [6, 6.07) is 21.9. The first-order valence-corrected chi connectivity index (χ1v) is 10.1. The van der Waals surface area contributed by atoms with Crippen molar-refractivity contribution in [2.75, 3.05) is 44.7 Å². The second-order valence-corrected chi connectivity index (χ2v) is 7.32. The molecule has 0 unspecified atom stereocenters. The Morgan fingerprint density at radius 3 is 2.28 bits per heavy atom. The van der Waals surface area contributed by atoms with Gasteiger partial charge in [0.15, 0.2) is 0 Å². The van der Waals surface area contributed by atoms with Crippen LogP contribution in [0.1, 0.15) is 0 Å². The quantitative estimate of drug-likeness (QED) is 0.648. The van der Waals surface area contributed by atoms with Crippen LogP contribution < -0.4 is 15.2 Å². The number of anilines is 1. The summed E-state index contributed by atoms with van der Waals surface area (Å²) in [5, 5.41) is 0. The number of rotatable bonds is 6. The molecule has 1 fully saturated rings. The Hall–Kier alpha value is -3.05. The van der Waals surface area contributed by atoms with Crippen LogP contribution in [-0.4, -0.2) is 49.3 Å². The number of pyridine rings is 1. The van der Waals surface area contributed by atoms with Crippen LogP contribution in [0.15, 0.2) is 77.7 Å². The van der Waals surface area contributed by atoms with Crippen molar-refractivity contribution in [1.29, 1.82) is 0 Å². The normalized spacial score (nSPS) is 14.7. The SMILES string of the molecule is COc1ccccc1N1CCN(CCn2cc(-c3ccccc3)ccc2=O)CC1. The Morgan fingerprint density at radius 1 is 0.793 bits per heavy atom. The molecule has 4 rings (SSSR count). The number of aromatic nitrogens is 1. The van der Waals surface area contributed by atoms with E-state index < -0.39 is 0 Å². The molecule has 0 spiro atoms. The molecule has 0 saturated carbocycles. The van der Waals surface area contributed by atoms with E-state index in [2.05, 4.69) is 34.1 Å². The van der Waals surface area contributed by atoms with Crippen molar-refractivity contribution < 1.29 is 4.74 Å². The lowest BCUT2D eigenvalue weighted by Gasteiger charge is -2.36. The highest BCUT2D eigenvalue weighted by Crippen LogP contribution is 2.28. The van der Waals surface area contributed by atoms with E-state index in [1.165, 1.54) is 0 Å². The van der Waals surface area contributed by atoms with Crippen LogP contribution in [0.4, 0.5) is 5.69 Å². The molecule has 3 aromatic rings. The molecular weight excluding hydrogens is 362 g/mol. The second kappa shape index (κ2) is 8.97. The van der Waals surface area contributed by atoms with Gasteiger partial charge in [-0.1, -0.05) is 42.5 Å². The molecule has 2 heterocycles. The fraction of sp³-hybridized carbons (Fsp3) is 0.292. The van der Waals surface area contributed by atoms with Gasteiger partial charge < -0.3 is 14.2 Å². The van der Waals surface area contributed by atoms with Crippen molar-refractivity contribution in [2.24, 2.45) is 0 Å². The number of benzene rings is 2. The number of nitrogens with zero attached hydrogens (tertiary/aromatic N) is 3. The minimum absolute atomic E-state index is 0.0531. The summed E-state index contributed by atoms with van der Waals surface area (Å²) in [4.78, 5) is 17.1. The molecule has 1 aliphatic heterocycles. The third kappa shape index (κ3) is 4.51. The topological polar surface area (TPSA) is 37.7 Å². The summed E-state index contributed by atoms with van der Waals surface area (Å²) in [5.74, 6) is 0.922. The first kappa shape index (κ1) is 19.3. The lowest BCUT2D eigenvalue weighted by Crippen LogP contribution is -2.47. The highest BCUT2D eigenvalue weighted by molar-refractivity contribution is 5.62. The summed E-state index contributed by atoms with van der Waals surface area (Å²) in [6.07, 6.45) is 1.97. The number of ether oxygens (including phenoxy) is 1. The maximum Gasteiger partial charge on any atom is 0.250 e. The van der Waals surface area contributed by atoms with E-state index in [-0.39, 0.29) is 5.56 Å². The van der Waals surface area contributed by atoms with Crippen LogP contribution in [-0.2, 0) is 6.54 Å². The Labute approximate surface area is 171 Å². The van der Waals surface area contributed by atoms with Gasteiger partial charge in [0.05, 0.1) is 12.8 Å². The monoisotopic (exact) mass is 389 g/mol. The van der Waals surface area contributed by atoms with Crippen LogP contribution >= 0.6 is 0 Å². The van der Waals surface area contributed by atoms with Crippen molar-refractivity contribution in [2.45, 2.75) is 6.54 Å². The maximum atomic E-state index is 12.3. The number of hydrogen-bond donors (Lipinski definition) is 0. The highest BCUT2D eigenvalue weighted by atomic mass is 16.5. The van der Waals surface area contributed by atoms with E-state index in [0.717, 1.165) is 55.3 Å². The largest absolute Gasteiger partial charge is 0.495 e. The number of para-hydroxylation sites is 2. The van der Waals surface area contributed by atoms with Crippen LogP contribution in [0, 0.1) is 0 Å². The van der Waals surface area contributed by atoms with Gasteiger partial charge in [0.2, 0.25) is 0 Å². The molecule has 1 saturated heterocycles. The van der Waals surface area contributed by atoms with Gasteiger partial charge in [0, 0.05) is 51.5 Å². The lowest BCUT2D eigenvalue weighted by molar-refractivity contribution is 0.246. The van der Waals surface area contributed by atoms with Crippen LogP contribution in [0.5, 0.6) is 5.75 Å². The van der Waals surface area contributed by atoms with Crippen molar-refractivity contribution in [3.63, 3.8) is 0 Å². The first-order valence-electron chi connectivity index (χ1n) is 10.1. The zero-order chi connectivity index (χ0) is 20.1.